The zero-order valence-corrected chi connectivity index (χ0v) is 8.37. The van der Waals surface area contributed by atoms with Crippen LogP contribution in [0, 0.1) is 0 Å². The average Bonchev–Trinajstić information content (AvgIpc) is 2.88. The van der Waals surface area contributed by atoms with Gasteiger partial charge in [0.05, 0.1) is 5.69 Å². The molecule has 0 saturated heterocycles. The predicted molar refractivity (Wildman–Crippen MR) is 57.5 cm³/mol. The Morgan fingerprint density at radius 1 is 1.38 bits per heavy atom. The Balaban J connectivity index is 2.02. The minimum absolute atomic E-state index is 0.452. The maximum atomic E-state index is 5.79. The Hall–Kier alpha value is -2.37. The first-order valence-corrected chi connectivity index (χ1v) is 4.79. The van der Waals surface area contributed by atoms with Gasteiger partial charge in [0.1, 0.15) is 24.7 Å². The second-order valence-electron chi connectivity index (χ2n) is 3.39. The van der Waals surface area contributed by atoms with E-state index in [1.807, 2.05) is 12.1 Å². The van der Waals surface area contributed by atoms with E-state index in [4.69, 9.17) is 10.2 Å². The number of hydrogen-bond donors (Lipinski definition) is 1. The molecule has 6 nitrogen and oxygen atoms in total. The molecule has 80 valence electrons. The van der Waals surface area contributed by atoms with E-state index >= 15 is 0 Å². The lowest BCUT2D eigenvalue weighted by molar-refractivity contribution is 0.491. The fourth-order valence-corrected chi connectivity index (χ4v) is 1.54. The van der Waals surface area contributed by atoms with Gasteiger partial charge in [0.2, 0.25) is 5.89 Å². The van der Waals surface area contributed by atoms with Crippen molar-refractivity contribution in [3.63, 3.8) is 0 Å². The van der Waals surface area contributed by atoms with Gasteiger partial charge in [0.25, 0.3) is 0 Å². The number of oxazole rings is 1. The Kier molecular flexibility index (Phi) is 1.86. The molecule has 0 atom stereocenters. The lowest BCUT2D eigenvalue weighted by atomic mass is 10.3. The lowest BCUT2D eigenvalue weighted by Gasteiger charge is -1.92. The molecule has 6 heteroatoms. The van der Waals surface area contributed by atoms with Crippen molar-refractivity contribution in [1.29, 1.82) is 0 Å². The molecule has 0 aliphatic carbocycles. The maximum Gasteiger partial charge on any atom is 0.217 e. The molecule has 3 rings (SSSR count). The Morgan fingerprint density at radius 3 is 3.06 bits per heavy atom. The van der Waals surface area contributed by atoms with Gasteiger partial charge in [0.15, 0.2) is 5.58 Å². The number of nitrogens with two attached hydrogens (primary N) is 1. The summed E-state index contributed by atoms with van der Waals surface area (Å²) in [4.78, 5) is 8.15. The van der Waals surface area contributed by atoms with Crippen LogP contribution in [0.3, 0.4) is 0 Å². The maximum absolute atomic E-state index is 5.79. The highest BCUT2D eigenvalue weighted by molar-refractivity contribution is 5.85. The van der Waals surface area contributed by atoms with Crippen molar-refractivity contribution < 1.29 is 4.42 Å². The van der Waals surface area contributed by atoms with Crippen LogP contribution < -0.4 is 5.73 Å². The molecule has 0 aliphatic heterocycles. The molecule has 2 aromatic heterocycles. The van der Waals surface area contributed by atoms with Crippen molar-refractivity contribution in [3.8, 4) is 0 Å². The molecule has 1 aromatic carbocycles. The van der Waals surface area contributed by atoms with E-state index in [9.17, 15) is 0 Å². The summed E-state index contributed by atoms with van der Waals surface area (Å²) in [5.41, 5.74) is 7.78. The van der Waals surface area contributed by atoms with E-state index in [0.717, 1.165) is 0 Å². The summed E-state index contributed by atoms with van der Waals surface area (Å²) in [7, 11) is 0. The normalized spacial score (nSPS) is 11.0. The van der Waals surface area contributed by atoms with E-state index in [1.54, 1.807) is 17.1 Å². The van der Waals surface area contributed by atoms with Gasteiger partial charge in [-0.3, -0.25) is 0 Å². The van der Waals surface area contributed by atoms with Gasteiger partial charge in [-0.25, -0.2) is 14.6 Å². The monoisotopic (exact) mass is 215 g/mol. The number of anilines is 1. The summed E-state index contributed by atoms with van der Waals surface area (Å²) in [5, 5.41) is 3.98. The van der Waals surface area contributed by atoms with Crippen LogP contribution in [-0.2, 0) is 6.54 Å². The molecule has 0 fully saturated rings. The highest BCUT2D eigenvalue weighted by Crippen LogP contribution is 2.21. The molecule has 0 radical (unpaired) electrons. The van der Waals surface area contributed by atoms with Gasteiger partial charge in [-0.1, -0.05) is 6.07 Å². The van der Waals surface area contributed by atoms with Crippen LogP contribution in [0.1, 0.15) is 5.89 Å². The van der Waals surface area contributed by atoms with Crippen molar-refractivity contribution in [2.24, 2.45) is 0 Å². The van der Waals surface area contributed by atoms with Crippen molar-refractivity contribution in [1.82, 2.24) is 19.7 Å². The second-order valence-corrected chi connectivity index (χ2v) is 3.39. The number of benzene rings is 1. The van der Waals surface area contributed by atoms with E-state index in [-0.39, 0.29) is 0 Å². The van der Waals surface area contributed by atoms with E-state index in [2.05, 4.69) is 15.1 Å². The molecular weight excluding hydrogens is 206 g/mol. The van der Waals surface area contributed by atoms with Crippen molar-refractivity contribution in [3.05, 3.63) is 36.7 Å². The highest BCUT2D eigenvalue weighted by atomic mass is 16.3. The van der Waals surface area contributed by atoms with Crippen LogP contribution >= 0.6 is 0 Å². The van der Waals surface area contributed by atoms with Crippen LogP contribution in [0.15, 0.2) is 35.3 Å². The van der Waals surface area contributed by atoms with Crippen LogP contribution in [0.25, 0.3) is 11.1 Å². The second kappa shape index (κ2) is 3.34. The molecule has 0 unspecified atom stereocenters. The summed E-state index contributed by atoms with van der Waals surface area (Å²) in [6, 6.07) is 5.47. The minimum atomic E-state index is 0.452. The molecule has 2 N–H and O–H groups in total. The quantitative estimate of drug-likeness (QED) is 0.646. The zero-order chi connectivity index (χ0) is 11.0. The van der Waals surface area contributed by atoms with E-state index in [1.165, 1.54) is 6.33 Å². The van der Waals surface area contributed by atoms with E-state index < -0.39 is 0 Å². The first-order valence-electron chi connectivity index (χ1n) is 4.79. The van der Waals surface area contributed by atoms with Gasteiger partial charge in [-0.05, 0) is 12.1 Å². The number of para-hydroxylation sites is 1. The summed E-state index contributed by atoms with van der Waals surface area (Å²) < 4.78 is 7.18. The fourth-order valence-electron chi connectivity index (χ4n) is 1.54. The third-order valence-electron chi connectivity index (χ3n) is 2.26. The number of fused-ring (bicyclic) bond motifs is 1. The number of aromatic nitrogens is 4. The van der Waals surface area contributed by atoms with Crippen LogP contribution in [-0.4, -0.2) is 19.7 Å². The standard InChI is InChI=1S/C10H9N5O/c11-7-2-1-3-8-10(7)14-9(16-8)4-15-6-12-5-13-15/h1-3,5-6H,4,11H2. The summed E-state index contributed by atoms with van der Waals surface area (Å²) in [6.45, 7) is 0.452. The molecule has 0 spiro atoms. The third kappa shape index (κ3) is 1.40. The van der Waals surface area contributed by atoms with Gasteiger partial charge in [-0.2, -0.15) is 5.10 Å². The van der Waals surface area contributed by atoms with Crippen LogP contribution in [0.2, 0.25) is 0 Å². The smallest absolute Gasteiger partial charge is 0.217 e. The van der Waals surface area contributed by atoms with Crippen molar-refractivity contribution in [2.75, 3.05) is 5.73 Å². The molecule has 0 saturated carbocycles. The van der Waals surface area contributed by atoms with Crippen molar-refractivity contribution >= 4 is 16.8 Å². The largest absolute Gasteiger partial charge is 0.439 e. The van der Waals surface area contributed by atoms with E-state index in [0.29, 0.717) is 29.2 Å². The Bertz CT molecular complexity index is 613. The Morgan fingerprint density at radius 2 is 2.31 bits per heavy atom. The molecule has 0 bridgehead atoms. The number of hydrogen-bond acceptors (Lipinski definition) is 5. The van der Waals surface area contributed by atoms with Gasteiger partial charge >= 0.3 is 0 Å². The molecule has 0 amide bonds. The average molecular weight is 215 g/mol. The first-order chi connectivity index (χ1) is 7.83. The summed E-state index contributed by atoms with van der Waals surface area (Å²) in [5.74, 6) is 0.568. The van der Waals surface area contributed by atoms with Crippen molar-refractivity contribution in [2.45, 2.75) is 6.54 Å². The topological polar surface area (TPSA) is 82.8 Å². The molecular formula is C10H9N5O. The summed E-state index contributed by atoms with van der Waals surface area (Å²) in [6.07, 6.45) is 3.08. The van der Waals surface area contributed by atoms with Gasteiger partial charge < -0.3 is 10.2 Å². The molecule has 2 heterocycles. The third-order valence-corrected chi connectivity index (χ3v) is 2.26. The number of nitrogens with zero attached hydrogens (tertiary/aromatic N) is 4. The van der Waals surface area contributed by atoms with Crippen LogP contribution in [0.5, 0.6) is 0 Å². The fraction of sp³-hybridized carbons (Fsp3) is 0.100. The number of nitrogen functional groups attached to an aromatic ring is 1. The molecule has 0 aliphatic rings. The SMILES string of the molecule is Nc1cccc2oc(Cn3cncn3)nc12. The van der Waals surface area contributed by atoms with Gasteiger partial charge in [0, 0.05) is 0 Å². The zero-order valence-electron chi connectivity index (χ0n) is 8.37. The molecule has 16 heavy (non-hydrogen) atoms. The lowest BCUT2D eigenvalue weighted by Crippen LogP contribution is -1.99. The van der Waals surface area contributed by atoms with Gasteiger partial charge in [-0.15, -0.1) is 0 Å². The number of rotatable bonds is 2. The summed E-state index contributed by atoms with van der Waals surface area (Å²) >= 11 is 0. The molecule has 3 aromatic rings. The minimum Gasteiger partial charge on any atom is -0.439 e. The predicted octanol–water partition coefficient (Wildman–Crippen LogP) is 1.05. The Labute approximate surface area is 90.7 Å². The first kappa shape index (κ1) is 8.90. The highest BCUT2D eigenvalue weighted by Gasteiger charge is 2.08. The van der Waals surface area contributed by atoms with Crippen LogP contribution in [0.4, 0.5) is 5.69 Å².